The molecule has 0 amide bonds. The molecular formula is C27H38N2O3. The van der Waals surface area contributed by atoms with Crippen LogP contribution in [0.1, 0.15) is 44.2 Å². The van der Waals surface area contributed by atoms with Gasteiger partial charge in [0.15, 0.2) is 0 Å². The highest BCUT2D eigenvalue weighted by atomic mass is 16.6. The predicted molar refractivity (Wildman–Crippen MR) is 127 cm³/mol. The number of piperazine rings is 1. The first-order valence-electron chi connectivity index (χ1n) is 12.4. The zero-order chi connectivity index (χ0) is 22.6. The summed E-state index contributed by atoms with van der Waals surface area (Å²) in [6.07, 6.45) is 4.59. The zero-order valence-electron chi connectivity index (χ0n) is 20.0. The Hall–Kier alpha value is -1.85. The number of fused-ring (bicyclic) bond motifs is 2. The van der Waals surface area contributed by atoms with Crippen LogP contribution in [0.4, 0.5) is 5.69 Å². The molecule has 32 heavy (non-hydrogen) atoms. The van der Waals surface area contributed by atoms with Gasteiger partial charge in [-0.2, -0.15) is 0 Å². The van der Waals surface area contributed by atoms with Crippen molar-refractivity contribution in [3.05, 3.63) is 41.0 Å². The van der Waals surface area contributed by atoms with Gasteiger partial charge in [-0.05, 0) is 44.2 Å². The molecule has 1 aromatic rings. The average Bonchev–Trinajstić information content (AvgIpc) is 3.06. The number of carbonyl (C=O) groups is 1. The summed E-state index contributed by atoms with van der Waals surface area (Å²) in [4.78, 5) is 17.8. The topological polar surface area (TPSA) is 53.0 Å². The lowest BCUT2D eigenvalue weighted by molar-refractivity contribution is -0.145. The van der Waals surface area contributed by atoms with Crippen molar-refractivity contribution in [2.24, 2.45) is 23.2 Å². The number of aliphatic hydroxyl groups excluding tert-OH is 1. The fourth-order valence-electron chi connectivity index (χ4n) is 6.88. The van der Waals surface area contributed by atoms with E-state index in [1.165, 1.54) is 22.4 Å². The maximum atomic E-state index is 12.9. The maximum Gasteiger partial charge on any atom is 0.311 e. The third-order valence-electron chi connectivity index (χ3n) is 9.09. The largest absolute Gasteiger partial charge is 0.461 e. The van der Waals surface area contributed by atoms with Gasteiger partial charge in [-0.3, -0.25) is 9.69 Å². The van der Waals surface area contributed by atoms with Crippen LogP contribution in [0.25, 0.3) is 0 Å². The van der Waals surface area contributed by atoms with Gasteiger partial charge in [0.05, 0.1) is 12.0 Å². The molecule has 6 atom stereocenters. The number of hydrogen-bond acceptors (Lipinski definition) is 5. The van der Waals surface area contributed by atoms with E-state index in [1.807, 2.05) is 0 Å². The van der Waals surface area contributed by atoms with E-state index >= 15 is 0 Å². The lowest BCUT2D eigenvalue weighted by Gasteiger charge is -2.52. The smallest absolute Gasteiger partial charge is 0.311 e. The van der Waals surface area contributed by atoms with E-state index in [4.69, 9.17) is 4.74 Å². The van der Waals surface area contributed by atoms with Crippen molar-refractivity contribution in [3.8, 4) is 0 Å². The van der Waals surface area contributed by atoms with Crippen molar-refractivity contribution in [1.82, 2.24) is 4.90 Å². The highest BCUT2D eigenvalue weighted by Gasteiger charge is 2.59. The molecule has 1 N–H and O–H groups in total. The molecule has 0 bridgehead atoms. The van der Waals surface area contributed by atoms with Crippen LogP contribution < -0.4 is 4.90 Å². The van der Waals surface area contributed by atoms with Crippen LogP contribution in [0.2, 0.25) is 0 Å². The summed E-state index contributed by atoms with van der Waals surface area (Å²) in [5.41, 5.74) is 5.01. The Bertz CT molecular complexity index is 919. The van der Waals surface area contributed by atoms with Gasteiger partial charge in [-0.1, -0.05) is 43.2 Å². The van der Waals surface area contributed by atoms with Gasteiger partial charge in [-0.25, -0.2) is 0 Å². The Kier molecular flexibility index (Phi) is 5.61. The molecule has 1 aromatic carbocycles. The van der Waals surface area contributed by atoms with Crippen LogP contribution in [0.5, 0.6) is 0 Å². The van der Waals surface area contributed by atoms with Crippen molar-refractivity contribution in [1.29, 1.82) is 0 Å². The molecule has 0 unspecified atom stereocenters. The van der Waals surface area contributed by atoms with E-state index in [-0.39, 0.29) is 29.3 Å². The first-order valence-corrected chi connectivity index (χ1v) is 12.4. The van der Waals surface area contributed by atoms with Gasteiger partial charge in [0, 0.05) is 56.2 Å². The lowest BCUT2D eigenvalue weighted by Crippen LogP contribution is -2.55. The van der Waals surface area contributed by atoms with Crippen LogP contribution in [0.15, 0.2) is 29.8 Å². The molecule has 5 nitrogen and oxygen atoms in total. The van der Waals surface area contributed by atoms with Crippen molar-refractivity contribution in [3.63, 3.8) is 0 Å². The molecule has 2 aliphatic heterocycles. The molecule has 0 radical (unpaired) electrons. The van der Waals surface area contributed by atoms with Gasteiger partial charge in [0.1, 0.15) is 6.10 Å². The number of ether oxygens (including phenoxy) is 1. The number of esters is 1. The standard InChI is InChI=1S/C27H38N2O3/c1-17-8-9-22(18(2)14-17)29-12-10-28(11-13-29)16-21-24-23(32-26(21)31)15-20-7-5-6-19(3)27(20,4)25(24)30/h7-9,14,19,21,23-25,30H,5-6,10-13,15-16H2,1-4H3/t19-,21-,23+,24-,25+,27+/m0/s1. The summed E-state index contributed by atoms with van der Waals surface area (Å²) >= 11 is 0. The first-order chi connectivity index (χ1) is 15.3. The van der Waals surface area contributed by atoms with Crippen molar-refractivity contribution in [2.45, 2.75) is 59.2 Å². The van der Waals surface area contributed by atoms with Gasteiger partial charge in [0.25, 0.3) is 0 Å². The quantitative estimate of drug-likeness (QED) is 0.576. The average molecular weight is 439 g/mol. The monoisotopic (exact) mass is 438 g/mol. The number of rotatable bonds is 3. The summed E-state index contributed by atoms with van der Waals surface area (Å²) in [5, 5.41) is 11.6. The second kappa shape index (κ2) is 8.18. The third-order valence-corrected chi connectivity index (χ3v) is 9.09. The lowest BCUT2D eigenvalue weighted by atomic mass is 9.55. The second-order valence-electron chi connectivity index (χ2n) is 10.9. The molecule has 0 spiro atoms. The Labute approximate surface area is 192 Å². The Morgan fingerprint density at radius 1 is 1.19 bits per heavy atom. The minimum Gasteiger partial charge on any atom is -0.461 e. The van der Waals surface area contributed by atoms with Gasteiger partial charge in [0.2, 0.25) is 0 Å². The van der Waals surface area contributed by atoms with Crippen LogP contribution in [-0.2, 0) is 9.53 Å². The number of benzene rings is 1. The molecule has 5 rings (SSSR count). The van der Waals surface area contributed by atoms with Gasteiger partial charge in [-0.15, -0.1) is 0 Å². The number of allylic oxidation sites excluding steroid dienone is 1. The van der Waals surface area contributed by atoms with Gasteiger partial charge >= 0.3 is 5.97 Å². The highest BCUT2D eigenvalue weighted by Crippen LogP contribution is 2.56. The van der Waals surface area contributed by atoms with Gasteiger partial charge < -0.3 is 14.7 Å². The van der Waals surface area contributed by atoms with E-state index < -0.39 is 6.10 Å². The SMILES string of the molecule is Cc1ccc(N2CCN(C[C@@H]3C(=O)O[C@@H]4CC5=CCC[C@H](C)[C@@]5(C)[C@H](O)[C@@H]34)CC2)c(C)c1. The molecule has 5 heteroatoms. The van der Waals surface area contributed by atoms with Crippen molar-refractivity contribution >= 4 is 11.7 Å². The van der Waals surface area contributed by atoms with E-state index in [1.54, 1.807) is 0 Å². The Balaban J connectivity index is 1.27. The maximum absolute atomic E-state index is 12.9. The number of hydrogen-bond donors (Lipinski definition) is 1. The number of carbonyl (C=O) groups excluding carboxylic acids is 1. The second-order valence-corrected chi connectivity index (χ2v) is 10.9. The molecule has 3 fully saturated rings. The van der Waals surface area contributed by atoms with Crippen molar-refractivity contribution in [2.75, 3.05) is 37.6 Å². The zero-order valence-corrected chi connectivity index (χ0v) is 20.0. The summed E-state index contributed by atoms with van der Waals surface area (Å²) in [6.45, 7) is 13.3. The summed E-state index contributed by atoms with van der Waals surface area (Å²) in [5.74, 6) is 0.000175. The third kappa shape index (κ3) is 3.49. The fourth-order valence-corrected chi connectivity index (χ4v) is 6.88. The first kappa shape index (κ1) is 22.0. The van der Waals surface area contributed by atoms with E-state index in [0.717, 1.165) is 45.4 Å². The predicted octanol–water partition coefficient (Wildman–Crippen LogP) is 3.71. The molecular weight excluding hydrogens is 400 g/mol. The molecule has 2 aliphatic carbocycles. The van der Waals surface area contributed by atoms with Crippen LogP contribution in [0.3, 0.4) is 0 Å². The molecule has 2 saturated heterocycles. The molecule has 2 heterocycles. The summed E-state index contributed by atoms with van der Waals surface area (Å²) < 4.78 is 5.86. The molecule has 4 aliphatic rings. The summed E-state index contributed by atoms with van der Waals surface area (Å²) in [7, 11) is 0. The van der Waals surface area contributed by atoms with Crippen LogP contribution in [0, 0.1) is 37.0 Å². The molecule has 1 saturated carbocycles. The van der Waals surface area contributed by atoms with Crippen molar-refractivity contribution < 1.29 is 14.6 Å². The number of nitrogens with zero attached hydrogens (tertiary/aromatic N) is 2. The highest BCUT2D eigenvalue weighted by molar-refractivity contribution is 5.76. The fraction of sp³-hybridized carbons (Fsp3) is 0.667. The normalized spacial score (nSPS) is 37.5. The Morgan fingerprint density at radius 2 is 1.94 bits per heavy atom. The van der Waals surface area contributed by atoms with Crippen LogP contribution >= 0.6 is 0 Å². The summed E-state index contributed by atoms with van der Waals surface area (Å²) in [6, 6.07) is 6.66. The van der Waals surface area contributed by atoms with E-state index in [0.29, 0.717) is 12.5 Å². The molecule has 0 aromatic heterocycles. The molecule has 174 valence electrons. The van der Waals surface area contributed by atoms with E-state index in [2.05, 4.69) is 61.8 Å². The number of aliphatic hydroxyl groups is 1. The number of aryl methyl sites for hydroxylation is 2. The minimum atomic E-state index is -0.518. The van der Waals surface area contributed by atoms with Crippen LogP contribution in [-0.4, -0.2) is 60.9 Å². The van der Waals surface area contributed by atoms with E-state index in [9.17, 15) is 9.90 Å². The number of anilines is 1. The minimum absolute atomic E-state index is 0.0948. The Morgan fingerprint density at radius 3 is 2.66 bits per heavy atom.